The Bertz CT molecular complexity index is 1170. The lowest BCUT2D eigenvalue weighted by Crippen LogP contribution is -2.66. The molecule has 0 aromatic heterocycles. The zero-order chi connectivity index (χ0) is 32.7. The third-order valence-electron chi connectivity index (χ3n) is 10.3. The van der Waals surface area contributed by atoms with Gasteiger partial charge in [-0.2, -0.15) is 13.2 Å². The van der Waals surface area contributed by atoms with Crippen molar-refractivity contribution < 1.29 is 31.9 Å². The number of amides is 1. The Balaban J connectivity index is 1.58. The molecule has 4 atom stereocenters. The Hall–Kier alpha value is -2.20. The van der Waals surface area contributed by atoms with E-state index in [0.717, 1.165) is 25.7 Å². The number of piperidine rings is 1. The summed E-state index contributed by atoms with van der Waals surface area (Å²) in [5.41, 5.74) is -0.778. The van der Waals surface area contributed by atoms with Crippen LogP contribution in [-0.4, -0.2) is 64.0 Å². The molecule has 0 bridgehead atoms. The molecular formula is C36H52F3NO4Si. The van der Waals surface area contributed by atoms with Crippen molar-refractivity contribution in [2.75, 3.05) is 27.1 Å². The van der Waals surface area contributed by atoms with E-state index in [1.54, 1.807) is 0 Å². The van der Waals surface area contributed by atoms with Crippen molar-refractivity contribution in [1.29, 1.82) is 0 Å². The lowest BCUT2D eigenvalue weighted by Gasteiger charge is -2.54. The Morgan fingerprint density at radius 3 is 2.07 bits per heavy atom. The van der Waals surface area contributed by atoms with Gasteiger partial charge in [-0.3, -0.25) is 4.79 Å². The molecule has 1 amide bonds. The number of rotatable bonds is 13. The SMILES string of the molecule is COCOCCC[C@H]1CCC[C@@]2(CCCC2[C@@H](C)CCO[Si](c2ccccc2)(c2ccccc2)C(C)(C)C)N1C(=O)C(F)(F)F. The number of ether oxygens (including phenoxy) is 2. The third-order valence-corrected chi connectivity index (χ3v) is 15.3. The first-order valence-corrected chi connectivity index (χ1v) is 18.5. The van der Waals surface area contributed by atoms with Gasteiger partial charge in [-0.05, 0) is 78.6 Å². The number of halogens is 3. The number of benzene rings is 2. The number of methoxy groups -OCH3 is 1. The standard InChI is InChI=1S/C36H52F3NO4Si/c1-28(22-26-44-45(34(2,3)4,30-17-8-6-9-18-30)31-19-10-7-11-20-31)32-21-13-24-35(32)23-12-15-29(16-14-25-43-27-42-5)40(35)33(41)36(37,38)39/h6-11,17-20,28-29,32H,12-16,21-27H2,1-5H3/t28-,29+,32?,35-/m0/s1. The van der Waals surface area contributed by atoms with E-state index in [0.29, 0.717) is 45.3 Å². The summed E-state index contributed by atoms with van der Waals surface area (Å²) in [5.74, 6) is -1.59. The summed E-state index contributed by atoms with van der Waals surface area (Å²) < 4.78 is 60.1. The lowest BCUT2D eigenvalue weighted by molar-refractivity contribution is -0.201. The minimum absolute atomic E-state index is 0.0147. The second-order valence-electron chi connectivity index (χ2n) is 14.1. The summed E-state index contributed by atoms with van der Waals surface area (Å²) in [4.78, 5) is 14.5. The van der Waals surface area contributed by atoms with Gasteiger partial charge in [0.05, 0.1) is 0 Å². The van der Waals surface area contributed by atoms with Gasteiger partial charge in [-0.15, -0.1) is 0 Å². The van der Waals surface area contributed by atoms with Crippen LogP contribution in [0.25, 0.3) is 0 Å². The monoisotopic (exact) mass is 647 g/mol. The summed E-state index contributed by atoms with van der Waals surface area (Å²) in [7, 11) is -1.19. The molecule has 0 radical (unpaired) electrons. The van der Waals surface area contributed by atoms with E-state index in [1.807, 2.05) is 12.1 Å². The van der Waals surface area contributed by atoms with Crippen LogP contribution < -0.4 is 10.4 Å². The molecule has 45 heavy (non-hydrogen) atoms. The van der Waals surface area contributed by atoms with Gasteiger partial charge in [0.15, 0.2) is 0 Å². The fourth-order valence-corrected chi connectivity index (χ4v) is 13.0. The lowest BCUT2D eigenvalue weighted by atomic mass is 9.70. The minimum Gasteiger partial charge on any atom is -0.407 e. The predicted octanol–water partition coefficient (Wildman–Crippen LogP) is 7.47. The molecule has 2 aromatic rings. The van der Waals surface area contributed by atoms with Gasteiger partial charge in [0.1, 0.15) is 6.79 Å². The van der Waals surface area contributed by atoms with E-state index < -0.39 is 32.0 Å². The van der Waals surface area contributed by atoms with Crippen molar-refractivity contribution in [1.82, 2.24) is 4.90 Å². The van der Waals surface area contributed by atoms with Crippen LogP contribution in [0.1, 0.15) is 85.5 Å². The van der Waals surface area contributed by atoms with Crippen LogP contribution in [0.15, 0.2) is 60.7 Å². The zero-order valence-electron chi connectivity index (χ0n) is 27.7. The molecule has 5 nitrogen and oxygen atoms in total. The fourth-order valence-electron chi connectivity index (χ4n) is 8.46. The molecular weight excluding hydrogens is 595 g/mol. The highest BCUT2D eigenvalue weighted by molar-refractivity contribution is 6.99. The van der Waals surface area contributed by atoms with Crippen LogP contribution in [0.2, 0.25) is 5.04 Å². The molecule has 250 valence electrons. The van der Waals surface area contributed by atoms with E-state index in [9.17, 15) is 18.0 Å². The molecule has 1 saturated carbocycles. The maximum absolute atomic E-state index is 14.2. The van der Waals surface area contributed by atoms with Crippen LogP contribution in [-0.2, 0) is 18.7 Å². The number of carbonyl (C=O) groups excluding carboxylic acids is 1. The number of likely N-dealkylation sites (tertiary alicyclic amines) is 1. The van der Waals surface area contributed by atoms with Gasteiger partial charge in [0.25, 0.3) is 8.32 Å². The second kappa shape index (κ2) is 15.1. The molecule has 1 saturated heterocycles. The van der Waals surface area contributed by atoms with Crippen molar-refractivity contribution >= 4 is 24.6 Å². The van der Waals surface area contributed by atoms with Crippen LogP contribution >= 0.6 is 0 Å². The number of carbonyl (C=O) groups is 1. The molecule has 1 aliphatic heterocycles. The molecule has 1 heterocycles. The zero-order valence-corrected chi connectivity index (χ0v) is 28.7. The van der Waals surface area contributed by atoms with Crippen molar-refractivity contribution in [2.45, 2.75) is 108 Å². The Morgan fingerprint density at radius 2 is 1.53 bits per heavy atom. The number of hydrogen-bond donors (Lipinski definition) is 0. The minimum atomic E-state index is -4.90. The molecule has 2 aromatic carbocycles. The molecule has 4 rings (SSSR count). The van der Waals surface area contributed by atoms with E-state index in [1.165, 1.54) is 22.4 Å². The number of hydrogen-bond acceptors (Lipinski definition) is 4. The van der Waals surface area contributed by atoms with Crippen molar-refractivity contribution in [3.8, 4) is 0 Å². The number of alkyl halides is 3. The first kappa shape index (κ1) is 35.6. The second-order valence-corrected chi connectivity index (χ2v) is 18.4. The molecule has 2 aliphatic rings. The van der Waals surface area contributed by atoms with E-state index in [4.69, 9.17) is 13.9 Å². The van der Waals surface area contributed by atoms with Gasteiger partial charge in [-0.1, -0.05) is 94.8 Å². The van der Waals surface area contributed by atoms with Crippen LogP contribution in [0, 0.1) is 11.8 Å². The van der Waals surface area contributed by atoms with E-state index in [2.05, 4.69) is 76.2 Å². The normalized spacial score (nSPS) is 23.4. The predicted molar refractivity (Wildman–Crippen MR) is 175 cm³/mol. The first-order valence-electron chi connectivity index (χ1n) is 16.6. The van der Waals surface area contributed by atoms with Gasteiger partial charge < -0.3 is 18.8 Å². The molecule has 9 heteroatoms. The highest BCUT2D eigenvalue weighted by Crippen LogP contribution is 2.53. The quantitative estimate of drug-likeness (QED) is 0.129. The van der Waals surface area contributed by atoms with E-state index in [-0.39, 0.29) is 23.7 Å². The average Bonchev–Trinajstić information content (AvgIpc) is 3.42. The highest BCUT2D eigenvalue weighted by Gasteiger charge is 2.59. The van der Waals surface area contributed by atoms with Crippen molar-refractivity contribution in [3.63, 3.8) is 0 Å². The third kappa shape index (κ3) is 7.69. The van der Waals surface area contributed by atoms with Crippen molar-refractivity contribution in [2.24, 2.45) is 11.8 Å². The topological polar surface area (TPSA) is 48.0 Å². The first-order chi connectivity index (χ1) is 21.4. The summed E-state index contributed by atoms with van der Waals surface area (Å²) in [5, 5.41) is 2.26. The molecule has 2 fully saturated rings. The number of nitrogens with zero attached hydrogens (tertiary/aromatic N) is 1. The maximum Gasteiger partial charge on any atom is 0.471 e. The summed E-state index contributed by atoms with van der Waals surface area (Å²) in [6.45, 7) is 9.95. The Kier molecular flexibility index (Phi) is 12.0. The summed E-state index contributed by atoms with van der Waals surface area (Å²) in [6, 6.07) is 20.5. The maximum atomic E-state index is 14.2. The van der Waals surface area contributed by atoms with Gasteiger partial charge in [0.2, 0.25) is 0 Å². The Labute approximate surface area is 268 Å². The molecule has 1 aliphatic carbocycles. The smallest absolute Gasteiger partial charge is 0.407 e. The van der Waals surface area contributed by atoms with E-state index >= 15 is 0 Å². The van der Waals surface area contributed by atoms with Crippen molar-refractivity contribution in [3.05, 3.63) is 60.7 Å². The molecule has 1 unspecified atom stereocenters. The molecule has 1 spiro atoms. The average molecular weight is 648 g/mol. The van der Waals surface area contributed by atoms with Gasteiger partial charge in [0, 0.05) is 31.9 Å². The Morgan fingerprint density at radius 1 is 0.956 bits per heavy atom. The van der Waals surface area contributed by atoms with Crippen LogP contribution in [0.3, 0.4) is 0 Å². The highest BCUT2D eigenvalue weighted by atomic mass is 28.4. The van der Waals surface area contributed by atoms with Crippen LogP contribution in [0.5, 0.6) is 0 Å². The summed E-state index contributed by atoms with van der Waals surface area (Å²) in [6.07, 6.45) is 1.20. The molecule has 0 N–H and O–H groups in total. The van der Waals surface area contributed by atoms with Crippen LogP contribution in [0.4, 0.5) is 13.2 Å². The largest absolute Gasteiger partial charge is 0.471 e. The summed E-state index contributed by atoms with van der Waals surface area (Å²) >= 11 is 0. The fraction of sp³-hybridized carbons (Fsp3) is 0.639. The van der Waals surface area contributed by atoms with Gasteiger partial charge in [-0.25, -0.2) is 0 Å². The van der Waals surface area contributed by atoms with Gasteiger partial charge >= 0.3 is 12.1 Å².